The molecule has 0 spiro atoms. The van der Waals surface area contributed by atoms with Crippen LogP contribution in [-0.2, 0) is 9.47 Å². The molecule has 0 unspecified atom stereocenters. The minimum absolute atomic E-state index is 0.525. The Kier molecular flexibility index (Phi) is 8.77. The van der Waals surface area contributed by atoms with Crippen LogP contribution in [0.15, 0.2) is 0 Å². The Morgan fingerprint density at radius 1 is 1.11 bits per heavy atom. The lowest BCUT2D eigenvalue weighted by molar-refractivity contribution is 0.0652. The van der Waals surface area contributed by atoms with E-state index in [1.54, 1.807) is 0 Å². The van der Waals surface area contributed by atoms with E-state index in [-0.39, 0.29) is 0 Å². The number of alkyl halides is 1. The quantitative estimate of drug-likeness (QED) is 0.470. The summed E-state index contributed by atoms with van der Waals surface area (Å²) in [5.74, 6) is 0. The third kappa shape index (κ3) is 8.40. The van der Waals surface area contributed by atoms with E-state index in [1.165, 1.54) is 0 Å². The molecule has 2 nitrogen and oxygen atoms in total. The summed E-state index contributed by atoms with van der Waals surface area (Å²) in [6.45, 7) is 6.11. The summed E-state index contributed by atoms with van der Waals surface area (Å²) in [5, 5.41) is 0.886. The lowest BCUT2D eigenvalue weighted by atomic mass is 10.7. The predicted octanol–water partition coefficient (Wildman–Crippen LogP) is 1.25. The van der Waals surface area contributed by atoms with E-state index in [4.69, 9.17) is 9.47 Å². The number of rotatable bonds is 6. The van der Waals surface area contributed by atoms with Crippen LogP contribution in [0.2, 0.25) is 0 Å². The van der Waals surface area contributed by atoms with Gasteiger partial charge in [-0.15, -0.1) is 0 Å². The van der Waals surface area contributed by atoms with Crippen LogP contribution in [-0.4, -0.2) is 31.8 Å². The van der Waals surface area contributed by atoms with Crippen molar-refractivity contribution in [1.82, 2.24) is 0 Å². The van der Waals surface area contributed by atoms with Gasteiger partial charge in [0.15, 0.2) is 0 Å². The van der Waals surface area contributed by atoms with Crippen LogP contribution < -0.4 is 0 Å². The predicted molar refractivity (Wildman–Crippen MR) is 40.8 cm³/mol. The molecule has 0 fully saturated rings. The fraction of sp³-hybridized carbons (Fsp3) is 0.833. The Morgan fingerprint density at radius 3 is 2.33 bits per heavy atom. The zero-order valence-electron chi connectivity index (χ0n) is 5.44. The van der Waals surface area contributed by atoms with Crippen molar-refractivity contribution in [3.05, 3.63) is 6.92 Å². The van der Waals surface area contributed by atoms with Gasteiger partial charge in [-0.25, -0.2) is 0 Å². The minimum atomic E-state index is 0.525. The molecule has 0 aromatic heterocycles. The van der Waals surface area contributed by atoms with Gasteiger partial charge in [-0.2, -0.15) is 0 Å². The van der Waals surface area contributed by atoms with Gasteiger partial charge in [-0.1, -0.05) is 15.9 Å². The van der Waals surface area contributed by atoms with Gasteiger partial charge in [0.2, 0.25) is 0 Å². The molecule has 1 radical (unpaired) electrons. The highest BCUT2D eigenvalue weighted by Gasteiger charge is 1.84. The maximum atomic E-state index is 5.09. The second-order valence-corrected chi connectivity index (χ2v) is 2.21. The molecule has 0 aliphatic rings. The third-order valence-corrected chi connectivity index (χ3v) is 1.06. The van der Waals surface area contributed by atoms with Gasteiger partial charge in [0, 0.05) is 11.9 Å². The lowest BCUT2D eigenvalue weighted by Crippen LogP contribution is -2.05. The zero-order chi connectivity index (χ0) is 6.95. The van der Waals surface area contributed by atoms with Crippen molar-refractivity contribution in [2.45, 2.75) is 0 Å². The van der Waals surface area contributed by atoms with Crippen molar-refractivity contribution in [3.63, 3.8) is 0 Å². The van der Waals surface area contributed by atoms with Crippen molar-refractivity contribution in [3.8, 4) is 0 Å². The molecule has 0 aliphatic carbocycles. The minimum Gasteiger partial charge on any atom is -0.379 e. The molecule has 0 saturated carbocycles. The van der Waals surface area contributed by atoms with E-state index in [1.807, 2.05) is 0 Å². The average molecular weight is 196 g/mol. The molecule has 0 aromatic carbocycles. The van der Waals surface area contributed by atoms with Gasteiger partial charge >= 0.3 is 0 Å². The van der Waals surface area contributed by atoms with Gasteiger partial charge in [0.25, 0.3) is 0 Å². The van der Waals surface area contributed by atoms with Crippen LogP contribution in [0.1, 0.15) is 0 Å². The zero-order valence-corrected chi connectivity index (χ0v) is 7.02. The lowest BCUT2D eigenvalue weighted by Gasteiger charge is -2.00. The van der Waals surface area contributed by atoms with Crippen molar-refractivity contribution in [1.29, 1.82) is 0 Å². The van der Waals surface area contributed by atoms with Gasteiger partial charge in [0.05, 0.1) is 19.8 Å². The molecule has 3 heteroatoms. The fourth-order valence-electron chi connectivity index (χ4n) is 0.377. The monoisotopic (exact) mass is 195 g/mol. The molecular weight excluding hydrogens is 184 g/mol. The Morgan fingerprint density at radius 2 is 1.78 bits per heavy atom. The molecular formula is C6H12BrO2. The summed E-state index contributed by atoms with van der Waals surface area (Å²) in [6.07, 6.45) is 0. The summed E-state index contributed by atoms with van der Waals surface area (Å²) in [7, 11) is 0. The van der Waals surface area contributed by atoms with Gasteiger partial charge < -0.3 is 9.47 Å². The fourth-order valence-corrected chi connectivity index (χ4v) is 0.605. The second-order valence-electron chi connectivity index (χ2n) is 1.41. The molecule has 0 aromatic rings. The Hall–Kier alpha value is 0.400. The van der Waals surface area contributed by atoms with Crippen molar-refractivity contribution < 1.29 is 9.47 Å². The molecule has 55 valence electrons. The van der Waals surface area contributed by atoms with Crippen LogP contribution in [0.25, 0.3) is 0 Å². The normalized spacial score (nSPS) is 10.0. The van der Waals surface area contributed by atoms with E-state index in [9.17, 15) is 0 Å². The Balaban J connectivity index is 2.60. The van der Waals surface area contributed by atoms with E-state index in [0.29, 0.717) is 19.8 Å². The molecule has 0 heterocycles. The average Bonchev–Trinajstić information content (AvgIpc) is 1.89. The summed E-state index contributed by atoms with van der Waals surface area (Å²) in [4.78, 5) is 0. The molecule has 0 N–H and O–H groups in total. The first kappa shape index (κ1) is 9.40. The molecule has 0 aliphatic heterocycles. The maximum absolute atomic E-state index is 5.09. The van der Waals surface area contributed by atoms with Crippen LogP contribution in [0.4, 0.5) is 0 Å². The largest absolute Gasteiger partial charge is 0.379 e. The summed E-state index contributed by atoms with van der Waals surface area (Å²) >= 11 is 3.24. The van der Waals surface area contributed by atoms with Crippen molar-refractivity contribution in [2.24, 2.45) is 0 Å². The van der Waals surface area contributed by atoms with Crippen molar-refractivity contribution in [2.75, 3.05) is 31.8 Å². The Labute approximate surface area is 64.7 Å². The van der Waals surface area contributed by atoms with E-state index >= 15 is 0 Å². The third-order valence-electron chi connectivity index (χ3n) is 0.738. The van der Waals surface area contributed by atoms with E-state index in [0.717, 1.165) is 11.9 Å². The number of hydrogen-bond donors (Lipinski definition) is 0. The highest BCUT2D eigenvalue weighted by molar-refractivity contribution is 9.09. The number of hydrogen-bond acceptors (Lipinski definition) is 2. The first-order valence-electron chi connectivity index (χ1n) is 2.92. The van der Waals surface area contributed by atoms with E-state index in [2.05, 4.69) is 22.9 Å². The number of ether oxygens (including phenoxy) is 2. The van der Waals surface area contributed by atoms with Crippen molar-refractivity contribution >= 4 is 15.9 Å². The molecule has 9 heavy (non-hydrogen) atoms. The van der Waals surface area contributed by atoms with Gasteiger partial charge in [-0.3, -0.25) is 0 Å². The van der Waals surface area contributed by atoms with Crippen LogP contribution >= 0.6 is 15.9 Å². The highest BCUT2D eigenvalue weighted by Crippen LogP contribution is 1.81. The highest BCUT2D eigenvalue weighted by atomic mass is 79.9. The maximum Gasteiger partial charge on any atom is 0.0700 e. The Bertz CT molecular complexity index is 44.3. The van der Waals surface area contributed by atoms with Gasteiger partial charge in [-0.05, 0) is 6.92 Å². The van der Waals surface area contributed by atoms with Gasteiger partial charge in [0.1, 0.15) is 0 Å². The summed E-state index contributed by atoms with van der Waals surface area (Å²) < 4.78 is 10.0. The second kappa shape index (κ2) is 8.40. The molecule has 0 rings (SSSR count). The first-order chi connectivity index (χ1) is 4.41. The van der Waals surface area contributed by atoms with Crippen LogP contribution in [0.5, 0.6) is 0 Å². The molecule has 0 amide bonds. The SMILES string of the molecule is [CH2]COCCOCCBr. The standard InChI is InChI=1S/C6H12BrO2/c1-2-8-5-6-9-4-3-7/h1-6H2. The molecule has 0 bridgehead atoms. The summed E-state index contributed by atoms with van der Waals surface area (Å²) in [6, 6.07) is 0. The van der Waals surface area contributed by atoms with E-state index < -0.39 is 0 Å². The smallest absolute Gasteiger partial charge is 0.0700 e. The van der Waals surface area contributed by atoms with Crippen LogP contribution in [0.3, 0.4) is 0 Å². The first-order valence-corrected chi connectivity index (χ1v) is 4.04. The topological polar surface area (TPSA) is 18.5 Å². The number of halogens is 1. The molecule has 0 atom stereocenters. The molecule has 0 saturated heterocycles. The summed E-state index contributed by atoms with van der Waals surface area (Å²) in [5.41, 5.74) is 0. The van der Waals surface area contributed by atoms with Crippen LogP contribution in [0, 0.1) is 6.92 Å².